The summed E-state index contributed by atoms with van der Waals surface area (Å²) < 4.78 is 81.6. The predicted molar refractivity (Wildman–Crippen MR) is 318 cm³/mol. The fraction of sp³-hybridized carbons (Fsp3) is 0.324. The molecule has 1 N–H and O–H groups in total. The molecule has 2 aliphatic heterocycles. The highest BCUT2D eigenvalue weighted by Crippen LogP contribution is 2.34. The van der Waals surface area contributed by atoms with Crippen LogP contribution in [0.15, 0.2) is 243 Å². The van der Waals surface area contributed by atoms with Gasteiger partial charge in [-0.2, -0.15) is 0 Å². The van der Waals surface area contributed by atoms with Gasteiger partial charge in [0.05, 0.1) is 79.3 Å². The number of aliphatic hydroxyl groups is 1. The van der Waals surface area contributed by atoms with Crippen molar-refractivity contribution in [1.29, 1.82) is 0 Å². The van der Waals surface area contributed by atoms with Crippen molar-refractivity contribution in [2.45, 2.75) is 120 Å². The van der Waals surface area contributed by atoms with Crippen LogP contribution in [-0.4, -0.2) is 99.0 Å². The van der Waals surface area contributed by atoms with Crippen LogP contribution >= 0.6 is 0 Å². The Labute approximate surface area is 493 Å². The third kappa shape index (κ3) is 18.6. The molecular formula is C71H76O13. The lowest BCUT2D eigenvalue weighted by molar-refractivity contribution is -0.338. The minimum atomic E-state index is -1.20. The van der Waals surface area contributed by atoms with E-state index in [-0.39, 0.29) is 66.1 Å². The van der Waals surface area contributed by atoms with Gasteiger partial charge in [-0.15, -0.1) is 0 Å². The predicted octanol–water partition coefficient (Wildman–Crippen LogP) is 11.8. The smallest absolute Gasteiger partial charge is 0.187 e. The maximum atomic E-state index is 12.1. The van der Waals surface area contributed by atoms with Gasteiger partial charge in [0.1, 0.15) is 54.9 Å². The second kappa shape index (κ2) is 33.1. The summed E-state index contributed by atoms with van der Waals surface area (Å²) in [6.07, 6.45) is -9.27. The average Bonchev–Trinajstić information content (AvgIpc) is 2.58. The van der Waals surface area contributed by atoms with Crippen molar-refractivity contribution in [2.24, 2.45) is 0 Å². The molecule has 84 heavy (non-hydrogen) atoms. The van der Waals surface area contributed by atoms with Gasteiger partial charge in [0.25, 0.3) is 0 Å². The number of hydrogen-bond acceptors (Lipinski definition) is 13. The van der Waals surface area contributed by atoms with Gasteiger partial charge in [0.15, 0.2) is 12.6 Å². The molecule has 10 rings (SSSR count). The van der Waals surface area contributed by atoms with E-state index in [2.05, 4.69) is 0 Å². The third-order valence-corrected chi connectivity index (χ3v) is 14.6. The first-order valence-corrected chi connectivity index (χ1v) is 29.0. The van der Waals surface area contributed by atoms with E-state index in [1.54, 1.807) is 0 Å². The average molecular weight is 1140 g/mol. The molecule has 0 spiro atoms. The van der Waals surface area contributed by atoms with E-state index in [0.29, 0.717) is 13.2 Å². The SMILES string of the molecule is OC(CO[C@@H]1O[C@H](COCc2ccccc2)[C@@H](OCc2ccccc2)[C@H](OCc2ccccc2)[C@@H]1OCc1ccccc1)CO[C@@H]1O[C@H](COCc2ccccc2)[C@@H](OCc2ccccc2)[C@H](OCc2ccccc2)[C@@H]1OCc1ccccc1. The number of ether oxygens (including phenoxy) is 12. The monoisotopic (exact) mass is 1140 g/mol. The number of rotatable bonds is 32. The summed E-state index contributed by atoms with van der Waals surface area (Å²) in [5, 5.41) is 12.1. The highest BCUT2D eigenvalue weighted by Gasteiger charge is 2.51. The van der Waals surface area contributed by atoms with Crippen molar-refractivity contribution in [3.05, 3.63) is 287 Å². The molecule has 2 saturated heterocycles. The molecule has 13 heteroatoms. The topological polar surface area (TPSA) is 131 Å². The number of aliphatic hydroxyl groups excluding tert-OH is 1. The van der Waals surface area contributed by atoms with Gasteiger partial charge >= 0.3 is 0 Å². The van der Waals surface area contributed by atoms with Gasteiger partial charge in [-0.1, -0.05) is 243 Å². The van der Waals surface area contributed by atoms with E-state index in [9.17, 15) is 5.11 Å². The van der Waals surface area contributed by atoms with E-state index in [0.717, 1.165) is 44.5 Å². The molecule has 0 radical (unpaired) electrons. The van der Waals surface area contributed by atoms with E-state index in [1.165, 1.54) is 0 Å². The first kappa shape index (κ1) is 60.4. The largest absolute Gasteiger partial charge is 0.388 e. The summed E-state index contributed by atoms with van der Waals surface area (Å²) in [6.45, 7) is 2.01. The minimum absolute atomic E-state index is 0.139. The standard InChI is InChI=1S/C71H76O13/c72-61(49-81-70-68(79-47-59-37-21-7-22-38-59)66(77-45-57-33-17-5-18-34-57)64(75-43-55-29-13-3-14-30-55)62(83-70)51-73-41-53-25-9-1-10-26-53)50-82-71-69(80-48-60-39-23-8-24-40-60)67(78-46-58-35-19-6-20-36-58)65(76-44-56-31-15-4-16-32-56)63(84-71)52-74-42-54-27-11-2-12-28-54/h1-40,61-72H,41-52H2/t62-,63-,64-,65-,66+,67+,68+,69+,70-,71-/m1/s1. The normalized spacial score (nSPS) is 22.5. The van der Waals surface area contributed by atoms with Crippen LogP contribution in [0.25, 0.3) is 0 Å². The Morgan fingerprint density at radius 1 is 0.262 bits per heavy atom. The molecule has 0 saturated carbocycles. The minimum Gasteiger partial charge on any atom is -0.388 e. The summed E-state index contributed by atoms with van der Waals surface area (Å²) in [6, 6.07) is 79.7. The summed E-state index contributed by atoms with van der Waals surface area (Å²) in [7, 11) is 0. The molecule has 0 bridgehead atoms. The van der Waals surface area contributed by atoms with Crippen LogP contribution in [-0.2, 0) is 110 Å². The van der Waals surface area contributed by atoms with Crippen LogP contribution in [0.4, 0.5) is 0 Å². The highest BCUT2D eigenvalue weighted by atomic mass is 16.7. The van der Waals surface area contributed by atoms with Gasteiger partial charge < -0.3 is 61.9 Å². The van der Waals surface area contributed by atoms with Gasteiger partial charge in [0, 0.05) is 0 Å². The Bertz CT molecular complexity index is 2800. The van der Waals surface area contributed by atoms with Crippen molar-refractivity contribution in [2.75, 3.05) is 26.4 Å². The Kier molecular flexibility index (Phi) is 23.8. The Morgan fingerprint density at radius 3 is 0.726 bits per heavy atom. The van der Waals surface area contributed by atoms with Crippen LogP contribution in [0.1, 0.15) is 44.5 Å². The Morgan fingerprint density at radius 2 is 0.476 bits per heavy atom. The van der Waals surface area contributed by atoms with Crippen molar-refractivity contribution in [3.63, 3.8) is 0 Å². The second-order valence-corrected chi connectivity index (χ2v) is 21.0. The fourth-order valence-corrected chi connectivity index (χ4v) is 10.2. The molecule has 8 aromatic rings. The molecule has 2 aliphatic rings. The van der Waals surface area contributed by atoms with Crippen molar-refractivity contribution >= 4 is 0 Å². The van der Waals surface area contributed by atoms with E-state index < -0.39 is 67.5 Å². The molecule has 0 aliphatic carbocycles. The van der Waals surface area contributed by atoms with E-state index >= 15 is 0 Å². The molecule has 0 amide bonds. The van der Waals surface area contributed by atoms with Gasteiger partial charge in [-0.05, 0) is 44.5 Å². The van der Waals surface area contributed by atoms with Crippen LogP contribution in [0, 0.1) is 0 Å². The van der Waals surface area contributed by atoms with Crippen LogP contribution in [0.5, 0.6) is 0 Å². The first-order chi connectivity index (χ1) is 41.6. The molecule has 10 atom stereocenters. The lowest BCUT2D eigenvalue weighted by Crippen LogP contribution is -2.62. The van der Waals surface area contributed by atoms with Gasteiger partial charge in [-0.25, -0.2) is 0 Å². The molecule has 0 aromatic heterocycles. The van der Waals surface area contributed by atoms with Crippen molar-refractivity contribution in [1.82, 2.24) is 0 Å². The zero-order chi connectivity index (χ0) is 57.2. The fourth-order valence-electron chi connectivity index (χ4n) is 10.2. The highest BCUT2D eigenvalue weighted by molar-refractivity contribution is 5.20. The zero-order valence-electron chi connectivity index (χ0n) is 47.3. The van der Waals surface area contributed by atoms with Crippen molar-refractivity contribution < 1.29 is 61.9 Å². The number of hydrogen-bond donors (Lipinski definition) is 1. The molecular weight excluding hydrogens is 1060 g/mol. The van der Waals surface area contributed by atoms with Gasteiger partial charge in [0.2, 0.25) is 0 Å². The molecule has 2 heterocycles. The molecule has 13 nitrogen and oxygen atoms in total. The summed E-state index contributed by atoms with van der Waals surface area (Å²) >= 11 is 0. The molecule has 2 fully saturated rings. The maximum Gasteiger partial charge on any atom is 0.187 e. The lowest BCUT2D eigenvalue weighted by Gasteiger charge is -2.46. The van der Waals surface area contributed by atoms with Crippen molar-refractivity contribution in [3.8, 4) is 0 Å². The molecule has 8 aromatic carbocycles. The van der Waals surface area contributed by atoms with E-state index in [1.807, 2.05) is 243 Å². The third-order valence-electron chi connectivity index (χ3n) is 14.6. The quantitative estimate of drug-likeness (QED) is 0.0430. The lowest BCUT2D eigenvalue weighted by atomic mass is 9.97. The maximum absolute atomic E-state index is 12.1. The Balaban J connectivity index is 0.917. The van der Waals surface area contributed by atoms with Crippen LogP contribution in [0.2, 0.25) is 0 Å². The summed E-state index contributed by atoms with van der Waals surface area (Å²) in [5.74, 6) is 0. The van der Waals surface area contributed by atoms with E-state index in [4.69, 9.17) is 56.8 Å². The van der Waals surface area contributed by atoms with Gasteiger partial charge in [-0.3, -0.25) is 0 Å². The summed E-state index contributed by atoms with van der Waals surface area (Å²) in [4.78, 5) is 0. The zero-order valence-corrected chi connectivity index (χ0v) is 47.3. The Hall–Kier alpha value is -6.76. The van der Waals surface area contributed by atoms with Crippen LogP contribution < -0.4 is 0 Å². The summed E-state index contributed by atoms with van der Waals surface area (Å²) in [5.41, 5.74) is 7.82. The number of benzene rings is 8. The molecule has 438 valence electrons. The van der Waals surface area contributed by atoms with Crippen LogP contribution in [0.3, 0.4) is 0 Å². The first-order valence-electron chi connectivity index (χ1n) is 29.0. The molecule has 0 unspecified atom stereocenters. The second-order valence-electron chi connectivity index (χ2n) is 21.0.